The minimum Gasteiger partial charge on any atom is -0.340 e. The maximum absolute atomic E-state index is 12.3. The molecule has 146 valence electrons. The minimum atomic E-state index is -3.75. The summed E-state index contributed by atoms with van der Waals surface area (Å²) >= 11 is 1.19. The average Bonchev–Trinajstić information content (AvgIpc) is 2.72. The molecular formula is C19H15N5O3S2. The summed E-state index contributed by atoms with van der Waals surface area (Å²) in [7, 11) is -3.75. The Morgan fingerprint density at radius 1 is 1.10 bits per heavy atom. The summed E-state index contributed by atoms with van der Waals surface area (Å²) in [6, 6.07) is 16.0. The summed E-state index contributed by atoms with van der Waals surface area (Å²) in [5, 5.41) is 17.3. The van der Waals surface area contributed by atoms with Crippen LogP contribution < -0.4 is 10.5 Å². The van der Waals surface area contributed by atoms with Gasteiger partial charge in [0.15, 0.2) is 10.9 Å². The third-order valence-corrected chi connectivity index (χ3v) is 5.55. The molecule has 3 rings (SSSR count). The third-order valence-electron chi connectivity index (χ3n) is 3.76. The maximum atomic E-state index is 12.3. The first-order chi connectivity index (χ1) is 13.8. The number of carbonyl (C=O) groups excluding carboxylic acids is 1. The number of nitriles is 1. The van der Waals surface area contributed by atoms with Gasteiger partial charge < -0.3 is 5.32 Å². The van der Waals surface area contributed by atoms with Crippen LogP contribution >= 0.6 is 11.8 Å². The monoisotopic (exact) mass is 425 g/mol. The summed E-state index contributed by atoms with van der Waals surface area (Å²) in [5.41, 5.74) is 1.63. The number of anilines is 2. The highest BCUT2D eigenvalue weighted by Crippen LogP contribution is 2.20. The first kappa shape index (κ1) is 20.5. The number of nitrogens with zero attached hydrogens (tertiary/aromatic N) is 3. The number of hydrogen-bond donors (Lipinski definition) is 2. The molecule has 0 aliphatic heterocycles. The number of primary sulfonamides is 1. The minimum absolute atomic E-state index is 0.0169. The second-order valence-corrected chi connectivity index (χ2v) is 8.32. The van der Waals surface area contributed by atoms with Crippen LogP contribution in [0.2, 0.25) is 0 Å². The van der Waals surface area contributed by atoms with Gasteiger partial charge >= 0.3 is 0 Å². The first-order valence-corrected chi connectivity index (χ1v) is 10.8. The Morgan fingerprint density at radius 2 is 1.79 bits per heavy atom. The molecular weight excluding hydrogens is 410 g/mol. The van der Waals surface area contributed by atoms with Crippen LogP contribution in [0.3, 0.4) is 0 Å². The number of nitrogens with one attached hydrogen (secondary N) is 1. The van der Waals surface area contributed by atoms with E-state index in [1.54, 1.807) is 48.7 Å². The highest BCUT2D eigenvalue weighted by molar-refractivity contribution is 7.99. The number of sulfonamides is 1. The van der Waals surface area contributed by atoms with Gasteiger partial charge in [0.1, 0.15) is 5.82 Å². The molecule has 2 aromatic carbocycles. The molecule has 0 aliphatic rings. The molecule has 0 amide bonds. The molecule has 0 aliphatic carbocycles. The molecule has 0 unspecified atom stereocenters. The lowest BCUT2D eigenvalue weighted by Gasteiger charge is -2.07. The lowest BCUT2D eigenvalue weighted by Crippen LogP contribution is -2.11. The van der Waals surface area contributed by atoms with E-state index in [2.05, 4.69) is 15.3 Å². The van der Waals surface area contributed by atoms with Crippen LogP contribution in [0.5, 0.6) is 0 Å². The highest BCUT2D eigenvalue weighted by Gasteiger charge is 2.10. The Kier molecular flexibility index (Phi) is 6.23. The number of thioether (sulfide) groups is 1. The van der Waals surface area contributed by atoms with Crippen molar-refractivity contribution in [1.82, 2.24) is 9.97 Å². The molecule has 0 spiro atoms. The number of aromatic nitrogens is 2. The molecule has 0 radical (unpaired) electrons. The standard InChI is InChI=1S/C19H15N5O3S2/c20-11-13-1-3-14(4-2-13)17(25)12-28-19-22-10-9-18(24-19)23-15-5-7-16(8-6-15)29(21,26)27/h1-10H,12H2,(H2,21,26,27)(H,22,23,24). The zero-order valence-corrected chi connectivity index (χ0v) is 16.6. The molecule has 8 nitrogen and oxygen atoms in total. The van der Waals surface area contributed by atoms with Gasteiger partial charge in [-0.05, 0) is 42.5 Å². The normalized spacial score (nSPS) is 10.9. The molecule has 1 heterocycles. The number of ketones is 1. The summed E-state index contributed by atoms with van der Waals surface area (Å²) in [4.78, 5) is 20.8. The SMILES string of the molecule is N#Cc1ccc(C(=O)CSc2nccc(Nc3ccc(S(N)(=O)=O)cc3)n2)cc1. The largest absolute Gasteiger partial charge is 0.340 e. The van der Waals surface area contributed by atoms with Crippen LogP contribution in [0, 0.1) is 11.3 Å². The second-order valence-electron chi connectivity index (χ2n) is 5.82. The third kappa shape index (κ3) is 5.61. The molecule has 29 heavy (non-hydrogen) atoms. The molecule has 0 bridgehead atoms. The van der Waals surface area contributed by atoms with Crippen molar-refractivity contribution in [2.75, 3.05) is 11.1 Å². The Hall–Kier alpha value is -3.26. The van der Waals surface area contributed by atoms with E-state index >= 15 is 0 Å². The van der Waals surface area contributed by atoms with E-state index in [1.807, 2.05) is 6.07 Å². The fourth-order valence-corrected chi connectivity index (χ4v) is 3.54. The Bertz CT molecular complexity index is 1170. The fraction of sp³-hybridized carbons (Fsp3) is 0.0526. The van der Waals surface area contributed by atoms with Crippen molar-refractivity contribution >= 4 is 39.1 Å². The van der Waals surface area contributed by atoms with Crippen molar-refractivity contribution in [3.8, 4) is 6.07 Å². The highest BCUT2D eigenvalue weighted by atomic mass is 32.2. The zero-order valence-electron chi connectivity index (χ0n) is 14.9. The van der Waals surface area contributed by atoms with E-state index in [0.717, 1.165) is 0 Å². The lowest BCUT2D eigenvalue weighted by molar-refractivity contribution is 0.102. The van der Waals surface area contributed by atoms with Crippen LogP contribution in [0.1, 0.15) is 15.9 Å². The van der Waals surface area contributed by atoms with Crippen molar-refractivity contribution in [3.05, 3.63) is 71.9 Å². The molecule has 1 aromatic heterocycles. The van der Waals surface area contributed by atoms with Crippen LogP contribution in [0.25, 0.3) is 0 Å². The number of hydrogen-bond acceptors (Lipinski definition) is 8. The predicted octanol–water partition coefficient (Wildman–Crippen LogP) is 2.71. The van der Waals surface area contributed by atoms with E-state index < -0.39 is 10.0 Å². The number of benzene rings is 2. The van der Waals surface area contributed by atoms with Crippen molar-refractivity contribution in [2.24, 2.45) is 5.14 Å². The Morgan fingerprint density at radius 3 is 2.41 bits per heavy atom. The number of Topliss-reactive ketones (excluding diaryl/α,β-unsaturated/α-hetero) is 1. The van der Waals surface area contributed by atoms with Gasteiger partial charge in [-0.3, -0.25) is 4.79 Å². The molecule has 0 saturated carbocycles. The van der Waals surface area contributed by atoms with Crippen molar-refractivity contribution in [3.63, 3.8) is 0 Å². The van der Waals surface area contributed by atoms with Crippen LogP contribution in [-0.4, -0.2) is 29.9 Å². The number of nitrogens with two attached hydrogens (primary N) is 1. The maximum Gasteiger partial charge on any atom is 0.238 e. The number of rotatable bonds is 7. The van der Waals surface area contributed by atoms with E-state index in [-0.39, 0.29) is 16.4 Å². The smallest absolute Gasteiger partial charge is 0.238 e. The first-order valence-electron chi connectivity index (χ1n) is 8.24. The zero-order chi connectivity index (χ0) is 20.9. The van der Waals surface area contributed by atoms with Gasteiger partial charge in [0.2, 0.25) is 10.0 Å². The van der Waals surface area contributed by atoms with Gasteiger partial charge in [0.05, 0.1) is 22.3 Å². The van der Waals surface area contributed by atoms with E-state index in [4.69, 9.17) is 10.4 Å². The van der Waals surface area contributed by atoms with Gasteiger partial charge in [0, 0.05) is 17.4 Å². The molecule has 10 heteroatoms. The quantitative estimate of drug-likeness (QED) is 0.335. The van der Waals surface area contributed by atoms with Crippen molar-refractivity contribution in [1.29, 1.82) is 5.26 Å². The van der Waals surface area contributed by atoms with Crippen LogP contribution in [0.4, 0.5) is 11.5 Å². The Labute approximate surface area is 171 Å². The summed E-state index contributed by atoms with van der Waals surface area (Å²) < 4.78 is 22.6. The van der Waals surface area contributed by atoms with Crippen LogP contribution in [0.15, 0.2) is 70.8 Å². The van der Waals surface area contributed by atoms with Crippen LogP contribution in [-0.2, 0) is 10.0 Å². The summed E-state index contributed by atoms with van der Waals surface area (Å²) in [6.07, 6.45) is 1.56. The molecule has 0 saturated heterocycles. The molecule has 3 aromatic rings. The summed E-state index contributed by atoms with van der Waals surface area (Å²) in [6.45, 7) is 0. The van der Waals surface area contributed by atoms with Gasteiger partial charge in [0.25, 0.3) is 0 Å². The Balaban J connectivity index is 1.63. The fourth-order valence-electron chi connectivity index (χ4n) is 2.30. The average molecular weight is 425 g/mol. The van der Waals surface area contributed by atoms with Crippen molar-refractivity contribution < 1.29 is 13.2 Å². The lowest BCUT2D eigenvalue weighted by atomic mass is 10.1. The van der Waals surface area contributed by atoms with Gasteiger partial charge in [-0.1, -0.05) is 23.9 Å². The van der Waals surface area contributed by atoms with E-state index in [9.17, 15) is 13.2 Å². The topological polar surface area (TPSA) is 139 Å². The predicted molar refractivity (Wildman–Crippen MR) is 109 cm³/mol. The van der Waals surface area contributed by atoms with Gasteiger partial charge in [-0.15, -0.1) is 0 Å². The second kappa shape index (κ2) is 8.83. The number of carbonyl (C=O) groups is 1. The molecule has 3 N–H and O–H groups in total. The van der Waals surface area contributed by atoms with Gasteiger partial charge in [-0.2, -0.15) is 5.26 Å². The summed E-state index contributed by atoms with van der Waals surface area (Å²) in [5.74, 6) is 0.551. The molecule has 0 fully saturated rings. The van der Waals surface area contributed by atoms with Crippen molar-refractivity contribution in [2.45, 2.75) is 10.1 Å². The molecule has 0 atom stereocenters. The van der Waals surface area contributed by atoms with Gasteiger partial charge in [-0.25, -0.2) is 23.5 Å². The van der Waals surface area contributed by atoms with E-state index in [0.29, 0.717) is 27.8 Å². The van der Waals surface area contributed by atoms with E-state index in [1.165, 1.54) is 23.9 Å².